The molecule has 0 spiro atoms. The number of rotatable bonds is 0. The molecule has 0 bridgehead atoms. The lowest BCUT2D eigenvalue weighted by atomic mass is 9.88. The van der Waals surface area contributed by atoms with Gasteiger partial charge in [-0.25, -0.2) is 0 Å². The third-order valence-corrected chi connectivity index (χ3v) is 5.13. The van der Waals surface area contributed by atoms with Crippen LogP contribution in [0.3, 0.4) is 0 Å². The molecule has 0 saturated carbocycles. The zero-order chi connectivity index (χ0) is 20.5. The normalized spacial score (nSPS) is 12.0. The van der Waals surface area contributed by atoms with Gasteiger partial charge in [0, 0.05) is 0 Å². The third kappa shape index (κ3) is 5.86. The van der Waals surface area contributed by atoms with Gasteiger partial charge < -0.3 is 10.2 Å². The van der Waals surface area contributed by atoms with Crippen LogP contribution in [0.25, 0.3) is 10.8 Å². The number of aromatic hydroxyl groups is 2. The Labute approximate surface area is 173 Å². The van der Waals surface area contributed by atoms with E-state index in [1.807, 2.05) is 31.2 Å². The van der Waals surface area contributed by atoms with Crippen LogP contribution in [0.2, 0.25) is 0 Å². The number of phenolic OH excluding ortho intramolecular Hbond substituents is 2. The SMILES string of the molecule is Cc1ccccc1O.Oc1ccccc1.c1ccc2c3c(ccc2c1)CCCC3. The van der Waals surface area contributed by atoms with Crippen molar-refractivity contribution in [3.63, 3.8) is 0 Å². The maximum Gasteiger partial charge on any atom is 0.118 e. The van der Waals surface area contributed by atoms with Crippen molar-refractivity contribution < 1.29 is 10.2 Å². The second-order valence-electron chi connectivity index (χ2n) is 7.25. The van der Waals surface area contributed by atoms with E-state index in [2.05, 4.69) is 36.4 Å². The lowest BCUT2D eigenvalue weighted by Crippen LogP contribution is -2.02. The van der Waals surface area contributed by atoms with Crippen LogP contribution in [0.4, 0.5) is 0 Å². The molecule has 1 aliphatic rings. The number of hydrogen-bond donors (Lipinski definition) is 2. The minimum atomic E-state index is 0.322. The molecule has 4 aromatic rings. The molecule has 5 rings (SSSR count). The summed E-state index contributed by atoms with van der Waals surface area (Å²) in [6, 6.07) is 29.3. The van der Waals surface area contributed by atoms with Gasteiger partial charge in [0.05, 0.1) is 0 Å². The summed E-state index contributed by atoms with van der Waals surface area (Å²) in [5.41, 5.74) is 4.11. The Morgan fingerprint density at radius 1 is 0.621 bits per heavy atom. The molecular weight excluding hydrogens is 356 g/mol. The highest BCUT2D eigenvalue weighted by molar-refractivity contribution is 5.86. The van der Waals surface area contributed by atoms with Crippen molar-refractivity contribution >= 4 is 10.8 Å². The molecule has 2 nitrogen and oxygen atoms in total. The first-order chi connectivity index (χ1) is 14.1. The summed E-state index contributed by atoms with van der Waals surface area (Å²) in [5.74, 6) is 0.690. The van der Waals surface area contributed by atoms with Crippen molar-refractivity contribution in [2.24, 2.45) is 0 Å². The van der Waals surface area contributed by atoms with E-state index in [-0.39, 0.29) is 0 Å². The fourth-order valence-electron chi connectivity index (χ4n) is 3.52. The van der Waals surface area contributed by atoms with Gasteiger partial charge in [0.25, 0.3) is 0 Å². The molecule has 0 aliphatic heterocycles. The molecule has 1 aliphatic carbocycles. The van der Waals surface area contributed by atoms with Crippen molar-refractivity contribution in [2.75, 3.05) is 0 Å². The molecule has 2 heteroatoms. The predicted molar refractivity (Wildman–Crippen MR) is 122 cm³/mol. The topological polar surface area (TPSA) is 40.5 Å². The van der Waals surface area contributed by atoms with Gasteiger partial charge in [-0.3, -0.25) is 0 Å². The Morgan fingerprint density at radius 2 is 1.28 bits per heavy atom. The van der Waals surface area contributed by atoms with Crippen LogP contribution in [0.15, 0.2) is 91.0 Å². The van der Waals surface area contributed by atoms with Crippen LogP contribution in [0.5, 0.6) is 11.5 Å². The van der Waals surface area contributed by atoms with E-state index < -0.39 is 0 Å². The van der Waals surface area contributed by atoms with Crippen LogP contribution >= 0.6 is 0 Å². The number of benzene rings is 4. The van der Waals surface area contributed by atoms with E-state index in [9.17, 15) is 0 Å². The van der Waals surface area contributed by atoms with Crippen LogP contribution in [-0.4, -0.2) is 10.2 Å². The van der Waals surface area contributed by atoms with Gasteiger partial charge in [-0.2, -0.15) is 0 Å². The van der Waals surface area contributed by atoms with Crippen LogP contribution in [-0.2, 0) is 12.8 Å². The first-order valence-electron chi connectivity index (χ1n) is 10.1. The fourth-order valence-corrected chi connectivity index (χ4v) is 3.52. The van der Waals surface area contributed by atoms with E-state index in [1.165, 1.54) is 36.5 Å². The van der Waals surface area contributed by atoms with Gasteiger partial charge in [-0.05, 0) is 78.3 Å². The molecule has 2 N–H and O–H groups in total. The number of fused-ring (bicyclic) bond motifs is 3. The molecule has 4 aromatic carbocycles. The standard InChI is InChI=1S/C14H14.C7H8O.C6H6O/c1-3-7-13-11(5-1)9-10-12-6-2-4-8-14(12)13;1-6-4-2-3-5-7(6)8;7-6-4-2-1-3-5-6/h1,3,5,7,9-10H,2,4,6,8H2;2-5,8H,1H3;1-5,7H. The summed E-state index contributed by atoms with van der Waals surface area (Å²) in [4.78, 5) is 0. The van der Waals surface area contributed by atoms with Gasteiger partial charge in [0.1, 0.15) is 11.5 Å². The van der Waals surface area contributed by atoms with E-state index in [0.717, 1.165) is 5.56 Å². The van der Waals surface area contributed by atoms with E-state index >= 15 is 0 Å². The second-order valence-corrected chi connectivity index (χ2v) is 7.25. The molecule has 0 heterocycles. The Bertz CT molecular complexity index is 1020. The molecule has 29 heavy (non-hydrogen) atoms. The molecule has 0 unspecified atom stereocenters. The summed E-state index contributed by atoms with van der Waals surface area (Å²) in [6.45, 7) is 1.87. The van der Waals surface area contributed by atoms with Gasteiger partial charge >= 0.3 is 0 Å². The smallest absolute Gasteiger partial charge is 0.118 e. The zero-order valence-electron chi connectivity index (χ0n) is 16.9. The van der Waals surface area contributed by atoms with Crippen molar-refractivity contribution in [3.8, 4) is 11.5 Å². The summed E-state index contributed by atoms with van der Waals surface area (Å²) < 4.78 is 0. The molecule has 0 atom stereocenters. The monoisotopic (exact) mass is 384 g/mol. The Kier molecular flexibility index (Phi) is 7.29. The highest BCUT2D eigenvalue weighted by Gasteiger charge is 2.11. The first-order valence-corrected chi connectivity index (χ1v) is 10.1. The minimum Gasteiger partial charge on any atom is -0.508 e. The Morgan fingerprint density at radius 3 is 1.93 bits per heavy atom. The van der Waals surface area contributed by atoms with Crippen molar-refractivity contribution in [1.82, 2.24) is 0 Å². The van der Waals surface area contributed by atoms with Crippen molar-refractivity contribution in [3.05, 3.63) is 108 Å². The van der Waals surface area contributed by atoms with Crippen LogP contribution in [0, 0.1) is 6.92 Å². The Hall–Kier alpha value is -3.26. The Balaban J connectivity index is 0.000000137. The molecule has 0 amide bonds. The number of para-hydroxylation sites is 2. The largest absolute Gasteiger partial charge is 0.508 e. The van der Waals surface area contributed by atoms with Gasteiger partial charge in [-0.1, -0.05) is 72.8 Å². The number of hydrogen-bond acceptors (Lipinski definition) is 2. The average Bonchev–Trinajstić information content (AvgIpc) is 2.77. The molecular formula is C27H28O2. The second kappa shape index (κ2) is 10.3. The summed E-state index contributed by atoms with van der Waals surface area (Å²) in [7, 11) is 0. The van der Waals surface area contributed by atoms with Gasteiger partial charge in [-0.15, -0.1) is 0 Å². The quantitative estimate of drug-likeness (QED) is 0.349. The molecule has 148 valence electrons. The lowest BCUT2D eigenvalue weighted by Gasteiger charge is -2.17. The van der Waals surface area contributed by atoms with Gasteiger partial charge in [0.2, 0.25) is 0 Å². The fraction of sp³-hybridized carbons (Fsp3) is 0.185. The number of phenols is 2. The van der Waals surface area contributed by atoms with E-state index in [4.69, 9.17) is 10.2 Å². The van der Waals surface area contributed by atoms with E-state index in [1.54, 1.807) is 41.5 Å². The van der Waals surface area contributed by atoms with Crippen molar-refractivity contribution in [2.45, 2.75) is 32.6 Å². The maximum atomic E-state index is 8.92. The summed E-state index contributed by atoms with van der Waals surface area (Å²) in [5, 5.41) is 20.4. The van der Waals surface area contributed by atoms with Crippen molar-refractivity contribution in [1.29, 1.82) is 0 Å². The molecule has 0 saturated heterocycles. The third-order valence-electron chi connectivity index (χ3n) is 5.13. The highest BCUT2D eigenvalue weighted by atomic mass is 16.3. The summed E-state index contributed by atoms with van der Waals surface area (Å²) in [6.07, 6.45) is 5.28. The predicted octanol–water partition coefficient (Wildman–Crippen LogP) is 6.81. The van der Waals surface area contributed by atoms with Gasteiger partial charge in [0.15, 0.2) is 0 Å². The van der Waals surface area contributed by atoms with E-state index in [0.29, 0.717) is 11.5 Å². The lowest BCUT2D eigenvalue weighted by molar-refractivity contribution is 0.471. The number of aryl methyl sites for hydroxylation is 3. The minimum absolute atomic E-state index is 0.322. The molecule has 0 aromatic heterocycles. The van der Waals surface area contributed by atoms with Crippen LogP contribution in [0.1, 0.15) is 29.5 Å². The maximum absolute atomic E-state index is 8.92. The van der Waals surface area contributed by atoms with Crippen LogP contribution < -0.4 is 0 Å². The first kappa shape index (κ1) is 20.5. The zero-order valence-corrected chi connectivity index (χ0v) is 16.9. The average molecular weight is 385 g/mol. The molecule has 0 fully saturated rings. The highest BCUT2D eigenvalue weighted by Crippen LogP contribution is 2.28. The molecule has 0 radical (unpaired) electrons. The summed E-state index contributed by atoms with van der Waals surface area (Å²) >= 11 is 0.